The summed E-state index contributed by atoms with van der Waals surface area (Å²) in [6, 6.07) is 2.94. The Morgan fingerprint density at radius 3 is 2.37 bits per heavy atom. The smallest absolute Gasteiger partial charge is 0.281 e. The van der Waals surface area contributed by atoms with Crippen LogP contribution in [-0.4, -0.2) is 20.3 Å². The first-order valence-corrected chi connectivity index (χ1v) is 7.50. The first-order valence-electron chi connectivity index (χ1n) is 5.16. The summed E-state index contributed by atoms with van der Waals surface area (Å²) in [5.74, 6) is -1.16. The number of primary sulfonamides is 1. The molecule has 0 spiro atoms. The molecule has 7 nitrogen and oxygen atoms in total. The summed E-state index contributed by atoms with van der Waals surface area (Å²) in [5.41, 5.74) is 10.7. The van der Waals surface area contributed by atoms with Crippen LogP contribution < -0.4 is 16.6 Å². The molecular weight excluding hydrogens is 336 g/mol. The molecule has 9 heteroatoms. The molecule has 1 rings (SSSR count). The van der Waals surface area contributed by atoms with Crippen molar-refractivity contribution in [1.29, 1.82) is 0 Å². The largest absolute Gasteiger partial charge is 0.370 e. The molecule has 1 amide bonds. The van der Waals surface area contributed by atoms with E-state index >= 15 is 0 Å². The zero-order valence-electron chi connectivity index (χ0n) is 10.1. The molecule has 0 aliphatic rings. The average Bonchev–Trinajstić information content (AvgIpc) is 2.25. The lowest BCUT2D eigenvalue weighted by molar-refractivity contribution is 0.100. The number of rotatable bonds is 3. The highest BCUT2D eigenvalue weighted by atomic mass is 79.9. The lowest BCUT2D eigenvalue weighted by Crippen LogP contribution is -2.24. The minimum absolute atomic E-state index is 0.0228. The van der Waals surface area contributed by atoms with Gasteiger partial charge in [-0.15, -0.1) is 0 Å². The Morgan fingerprint density at radius 1 is 1.37 bits per heavy atom. The van der Waals surface area contributed by atoms with E-state index < -0.39 is 21.9 Å². The van der Waals surface area contributed by atoms with Crippen LogP contribution in [0, 0.1) is 0 Å². The van der Waals surface area contributed by atoms with Gasteiger partial charge in [0.25, 0.3) is 5.91 Å². The predicted molar refractivity (Wildman–Crippen MR) is 75.0 cm³/mol. The molecule has 1 aromatic rings. The van der Waals surface area contributed by atoms with Gasteiger partial charge in [0.2, 0.25) is 10.0 Å². The quantitative estimate of drug-likeness (QED) is 0.523. The summed E-state index contributed by atoms with van der Waals surface area (Å²) in [6.45, 7) is 1.77. The molecule has 19 heavy (non-hydrogen) atoms. The molecule has 0 radical (unpaired) electrons. The third kappa shape index (κ3) is 3.52. The number of hydrogen-bond donors (Lipinski definition) is 3. The van der Waals surface area contributed by atoms with Gasteiger partial charge in [0.05, 0.1) is 14.9 Å². The number of nitrogens with zero attached hydrogens (tertiary/aromatic N) is 1. The molecule has 104 valence electrons. The van der Waals surface area contributed by atoms with Crippen LogP contribution in [0.4, 0.5) is 0 Å². The summed E-state index contributed by atoms with van der Waals surface area (Å²) in [7, 11) is -3.97. The second kappa shape index (κ2) is 5.68. The highest BCUT2D eigenvalue weighted by molar-refractivity contribution is 9.10. The molecular formula is C10H13BrN4O3S. The Morgan fingerprint density at radius 2 is 1.95 bits per heavy atom. The number of sulfonamides is 1. The van der Waals surface area contributed by atoms with Crippen molar-refractivity contribution in [1.82, 2.24) is 0 Å². The Labute approximate surface area is 119 Å². The van der Waals surface area contributed by atoms with Crippen LogP contribution in [0.1, 0.15) is 22.8 Å². The summed E-state index contributed by atoms with van der Waals surface area (Å²) >= 11 is 3.07. The van der Waals surface area contributed by atoms with Crippen molar-refractivity contribution in [3.05, 3.63) is 27.7 Å². The third-order valence-electron chi connectivity index (χ3n) is 2.31. The van der Waals surface area contributed by atoms with Gasteiger partial charge in [-0.3, -0.25) is 4.79 Å². The second-order valence-corrected chi connectivity index (χ2v) is 5.95. The van der Waals surface area contributed by atoms with Crippen LogP contribution >= 0.6 is 15.9 Å². The number of amides is 1. The van der Waals surface area contributed by atoms with E-state index in [9.17, 15) is 13.2 Å². The summed E-state index contributed by atoms with van der Waals surface area (Å²) < 4.78 is 23.2. The second-order valence-electron chi connectivity index (χ2n) is 3.66. The van der Waals surface area contributed by atoms with Gasteiger partial charge in [0.15, 0.2) is 5.96 Å². The molecule has 0 unspecified atom stereocenters. The fourth-order valence-corrected chi connectivity index (χ4v) is 3.70. The number of carbonyl (C=O) groups excluding carboxylic acids is 1. The number of benzene rings is 1. The van der Waals surface area contributed by atoms with Crippen molar-refractivity contribution in [3.8, 4) is 0 Å². The molecule has 0 atom stereocenters. The highest BCUT2D eigenvalue weighted by Gasteiger charge is 2.22. The molecule has 6 N–H and O–H groups in total. The molecule has 1 aromatic carbocycles. The van der Waals surface area contributed by atoms with Crippen molar-refractivity contribution in [2.45, 2.75) is 18.2 Å². The molecule has 0 bridgehead atoms. The van der Waals surface area contributed by atoms with Gasteiger partial charge in [0, 0.05) is 0 Å². The zero-order chi connectivity index (χ0) is 14.8. The number of halogens is 1. The topological polar surface area (TPSA) is 142 Å². The third-order valence-corrected chi connectivity index (χ3v) is 4.43. The van der Waals surface area contributed by atoms with Gasteiger partial charge in [-0.25, -0.2) is 13.6 Å². The van der Waals surface area contributed by atoms with E-state index in [1.165, 1.54) is 12.1 Å². The summed E-state index contributed by atoms with van der Waals surface area (Å²) in [5, 5.41) is 5.15. The molecule has 0 aliphatic carbocycles. The minimum Gasteiger partial charge on any atom is -0.370 e. The molecule has 0 aromatic heterocycles. The number of aliphatic imine (C=N–C) groups is 1. The van der Waals surface area contributed by atoms with Crippen LogP contribution in [0.2, 0.25) is 0 Å². The van der Waals surface area contributed by atoms with Gasteiger partial charge in [0.1, 0.15) is 0 Å². The zero-order valence-corrected chi connectivity index (χ0v) is 12.5. The lowest BCUT2D eigenvalue weighted by atomic mass is 10.1. The van der Waals surface area contributed by atoms with Crippen molar-refractivity contribution >= 4 is 37.8 Å². The van der Waals surface area contributed by atoms with Crippen LogP contribution in [0.3, 0.4) is 0 Å². The standard InChI is InChI=1S/C10H13BrN4O3S/c1-2-5-3-4-6(9(16)15-10(12)13)7(11)8(5)19(14,17)18/h3-4H,2H2,1H3,(H2,14,17,18)(H4,12,13,15,16). The van der Waals surface area contributed by atoms with Crippen molar-refractivity contribution < 1.29 is 13.2 Å². The fourth-order valence-electron chi connectivity index (χ4n) is 1.52. The van der Waals surface area contributed by atoms with Crippen LogP contribution in [0.15, 0.2) is 26.5 Å². The van der Waals surface area contributed by atoms with Crippen molar-refractivity contribution in [2.24, 2.45) is 21.6 Å². The Bertz CT molecular complexity index is 651. The fraction of sp³-hybridized carbons (Fsp3) is 0.200. The number of carbonyl (C=O) groups is 1. The van der Waals surface area contributed by atoms with E-state index in [1.54, 1.807) is 6.92 Å². The van der Waals surface area contributed by atoms with Crippen LogP contribution in [-0.2, 0) is 16.4 Å². The Hall–Kier alpha value is -1.45. The number of hydrogen-bond acceptors (Lipinski definition) is 3. The van der Waals surface area contributed by atoms with Crippen molar-refractivity contribution in [3.63, 3.8) is 0 Å². The monoisotopic (exact) mass is 348 g/mol. The van der Waals surface area contributed by atoms with Gasteiger partial charge < -0.3 is 11.5 Å². The van der Waals surface area contributed by atoms with Gasteiger partial charge in [-0.1, -0.05) is 13.0 Å². The van der Waals surface area contributed by atoms with E-state index in [0.717, 1.165) is 0 Å². The minimum atomic E-state index is -3.97. The van der Waals surface area contributed by atoms with Crippen molar-refractivity contribution in [2.75, 3.05) is 0 Å². The number of nitrogens with two attached hydrogens (primary N) is 3. The Kier molecular flexibility index (Phi) is 4.66. The first kappa shape index (κ1) is 15.6. The van der Waals surface area contributed by atoms with Crippen LogP contribution in [0.25, 0.3) is 0 Å². The maximum Gasteiger partial charge on any atom is 0.281 e. The normalized spacial score (nSPS) is 11.1. The van der Waals surface area contributed by atoms with E-state index in [4.69, 9.17) is 16.6 Å². The maximum atomic E-state index is 11.7. The first-order chi connectivity index (χ1) is 8.68. The van der Waals surface area contributed by atoms with E-state index in [0.29, 0.717) is 12.0 Å². The molecule has 0 heterocycles. The number of guanidine groups is 1. The predicted octanol–water partition coefficient (Wildman–Crippen LogP) is 0.0725. The molecule has 0 aliphatic heterocycles. The average molecular weight is 349 g/mol. The van der Waals surface area contributed by atoms with Gasteiger partial charge >= 0.3 is 0 Å². The highest BCUT2D eigenvalue weighted by Crippen LogP contribution is 2.29. The maximum absolute atomic E-state index is 11.7. The van der Waals surface area contributed by atoms with E-state index in [2.05, 4.69) is 20.9 Å². The lowest BCUT2D eigenvalue weighted by Gasteiger charge is -2.10. The molecule has 0 saturated carbocycles. The Balaban J connectivity index is 3.57. The molecule has 0 saturated heterocycles. The van der Waals surface area contributed by atoms with Crippen LogP contribution in [0.5, 0.6) is 0 Å². The summed E-state index contributed by atoms with van der Waals surface area (Å²) in [4.78, 5) is 15.0. The molecule has 0 fully saturated rings. The van der Waals surface area contributed by atoms with Gasteiger partial charge in [-0.05, 0) is 34.0 Å². The van der Waals surface area contributed by atoms with Gasteiger partial charge in [-0.2, -0.15) is 4.99 Å². The number of aryl methyl sites for hydroxylation is 1. The summed E-state index contributed by atoms with van der Waals surface area (Å²) in [6.07, 6.45) is 0.446. The SMILES string of the molecule is CCc1ccc(C(=O)N=C(N)N)c(Br)c1S(N)(=O)=O. The van der Waals surface area contributed by atoms with E-state index in [-0.39, 0.29) is 14.9 Å². The van der Waals surface area contributed by atoms with E-state index in [1.807, 2.05) is 0 Å².